The molecule has 0 aliphatic rings. The number of nitrogens with zero attached hydrogens (tertiary/aromatic N) is 2. The number of benzene rings is 1. The van der Waals surface area contributed by atoms with Crippen LogP contribution in [0.3, 0.4) is 0 Å². The Balaban J connectivity index is 1.98. The fourth-order valence-corrected chi connectivity index (χ4v) is 2.22. The summed E-state index contributed by atoms with van der Waals surface area (Å²) in [6, 6.07) is 5.37. The van der Waals surface area contributed by atoms with Crippen LogP contribution in [-0.4, -0.2) is 29.7 Å². The molecule has 6 nitrogen and oxygen atoms in total. The standard InChI is InChI=1S/C16H21N3O3/c1-12(14-10-13(21-2)4-5-15(14)22-3)18-16(20)6-8-19-9-7-17-11-19/h4-5,7,9-12H,6,8H2,1-3H3,(H,18,20)/t12-/m0/s1. The van der Waals surface area contributed by atoms with Crippen molar-refractivity contribution < 1.29 is 14.3 Å². The number of carbonyl (C=O) groups is 1. The molecule has 1 amide bonds. The van der Waals surface area contributed by atoms with Crippen LogP contribution in [0.1, 0.15) is 24.9 Å². The highest BCUT2D eigenvalue weighted by Crippen LogP contribution is 2.29. The predicted molar refractivity (Wildman–Crippen MR) is 82.9 cm³/mol. The van der Waals surface area contributed by atoms with Crippen LogP contribution >= 0.6 is 0 Å². The van der Waals surface area contributed by atoms with Gasteiger partial charge in [-0.2, -0.15) is 0 Å². The number of methoxy groups -OCH3 is 2. The molecule has 0 fully saturated rings. The minimum Gasteiger partial charge on any atom is -0.497 e. The fourth-order valence-electron chi connectivity index (χ4n) is 2.22. The second-order valence-corrected chi connectivity index (χ2v) is 4.95. The Morgan fingerprint density at radius 1 is 1.36 bits per heavy atom. The average molecular weight is 303 g/mol. The number of nitrogens with one attached hydrogen (secondary N) is 1. The third-order valence-corrected chi connectivity index (χ3v) is 3.44. The van der Waals surface area contributed by atoms with Gasteiger partial charge in [-0.1, -0.05) is 0 Å². The molecule has 0 aliphatic heterocycles. The maximum Gasteiger partial charge on any atom is 0.222 e. The molecule has 0 spiro atoms. The molecule has 1 aromatic carbocycles. The molecule has 0 saturated heterocycles. The van der Waals surface area contributed by atoms with Crippen LogP contribution in [0.4, 0.5) is 0 Å². The molecular weight excluding hydrogens is 282 g/mol. The summed E-state index contributed by atoms with van der Waals surface area (Å²) in [4.78, 5) is 16.0. The highest BCUT2D eigenvalue weighted by atomic mass is 16.5. The first kappa shape index (κ1) is 15.9. The molecule has 22 heavy (non-hydrogen) atoms. The average Bonchev–Trinajstić information content (AvgIpc) is 3.05. The zero-order valence-corrected chi connectivity index (χ0v) is 13.1. The van der Waals surface area contributed by atoms with Crippen molar-refractivity contribution in [1.29, 1.82) is 0 Å². The molecule has 0 aliphatic carbocycles. The number of amides is 1. The molecule has 0 unspecified atom stereocenters. The van der Waals surface area contributed by atoms with E-state index in [1.54, 1.807) is 26.7 Å². The van der Waals surface area contributed by atoms with E-state index in [1.807, 2.05) is 35.9 Å². The van der Waals surface area contributed by atoms with Gasteiger partial charge in [0.15, 0.2) is 0 Å². The Labute approximate surface area is 130 Å². The third kappa shape index (κ3) is 4.00. The lowest BCUT2D eigenvalue weighted by Gasteiger charge is -2.18. The maximum absolute atomic E-state index is 12.1. The van der Waals surface area contributed by atoms with Crippen molar-refractivity contribution in [3.05, 3.63) is 42.5 Å². The number of aryl methyl sites for hydroxylation is 1. The van der Waals surface area contributed by atoms with Gasteiger partial charge in [-0.15, -0.1) is 0 Å². The van der Waals surface area contributed by atoms with Gasteiger partial charge in [0.2, 0.25) is 5.91 Å². The first-order valence-electron chi connectivity index (χ1n) is 7.11. The Hall–Kier alpha value is -2.50. The quantitative estimate of drug-likeness (QED) is 0.851. The molecule has 2 aromatic rings. The number of aromatic nitrogens is 2. The van der Waals surface area contributed by atoms with Crippen molar-refractivity contribution in [1.82, 2.24) is 14.9 Å². The van der Waals surface area contributed by atoms with E-state index in [0.29, 0.717) is 13.0 Å². The summed E-state index contributed by atoms with van der Waals surface area (Å²) in [5, 5.41) is 2.98. The number of ether oxygens (including phenoxy) is 2. The lowest BCUT2D eigenvalue weighted by atomic mass is 10.1. The first-order chi connectivity index (χ1) is 10.6. The Morgan fingerprint density at radius 3 is 2.82 bits per heavy atom. The topological polar surface area (TPSA) is 65.4 Å². The third-order valence-electron chi connectivity index (χ3n) is 3.44. The molecule has 0 bridgehead atoms. The molecule has 118 valence electrons. The van der Waals surface area contributed by atoms with E-state index in [1.165, 1.54) is 0 Å². The molecular formula is C16H21N3O3. The normalized spacial score (nSPS) is 11.8. The highest BCUT2D eigenvalue weighted by molar-refractivity contribution is 5.76. The number of hydrogen-bond donors (Lipinski definition) is 1. The van der Waals surface area contributed by atoms with Crippen LogP contribution in [0.5, 0.6) is 11.5 Å². The maximum atomic E-state index is 12.1. The largest absolute Gasteiger partial charge is 0.497 e. The number of imidazole rings is 1. The smallest absolute Gasteiger partial charge is 0.222 e. The minimum atomic E-state index is -0.166. The molecule has 1 N–H and O–H groups in total. The van der Waals surface area contributed by atoms with Crippen molar-refractivity contribution in [2.24, 2.45) is 0 Å². The molecule has 0 radical (unpaired) electrons. The summed E-state index contributed by atoms with van der Waals surface area (Å²) in [6.07, 6.45) is 5.62. The van der Waals surface area contributed by atoms with E-state index in [4.69, 9.17) is 9.47 Å². The minimum absolute atomic E-state index is 0.0222. The summed E-state index contributed by atoms with van der Waals surface area (Å²) in [5.41, 5.74) is 0.887. The molecule has 1 aromatic heterocycles. The van der Waals surface area contributed by atoms with E-state index in [9.17, 15) is 4.79 Å². The molecule has 6 heteroatoms. The molecule has 1 atom stereocenters. The van der Waals surface area contributed by atoms with E-state index in [0.717, 1.165) is 17.1 Å². The summed E-state index contributed by atoms with van der Waals surface area (Å²) in [5.74, 6) is 1.43. The molecule has 0 saturated carbocycles. The van der Waals surface area contributed by atoms with Crippen LogP contribution < -0.4 is 14.8 Å². The van der Waals surface area contributed by atoms with Crippen LogP contribution in [0.15, 0.2) is 36.9 Å². The second kappa shape index (κ2) is 7.49. The predicted octanol–water partition coefficient (Wildman–Crippen LogP) is 2.17. The van der Waals surface area contributed by atoms with Crippen molar-refractivity contribution >= 4 is 5.91 Å². The van der Waals surface area contributed by atoms with Gasteiger partial charge < -0.3 is 19.4 Å². The van der Waals surface area contributed by atoms with Gasteiger partial charge in [0, 0.05) is 30.9 Å². The highest BCUT2D eigenvalue weighted by Gasteiger charge is 2.15. The number of hydrogen-bond acceptors (Lipinski definition) is 4. The van der Waals surface area contributed by atoms with Crippen LogP contribution in [-0.2, 0) is 11.3 Å². The lowest BCUT2D eigenvalue weighted by Crippen LogP contribution is -2.27. The van der Waals surface area contributed by atoms with Crippen LogP contribution in [0.25, 0.3) is 0 Å². The van der Waals surface area contributed by atoms with E-state index in [2.05, 4.69) is 10.3 Å². The lowest BCUT2D eigenvalue weighted by molar-refractivity contribution is -0.121. The number of carbonyl (C=O) groups excluding carboxylic acids is 1. The van der Waals surface area contributed by atoms with Gasteiger partial charge >= 0.3 is 0 Å². The van der Waals surface area contributed by atoms with Gasteiger partial charge in [0.05, 0.1) is 26.6 Å². The first-order valence-corrected chi connectivity index (χ1v) is 7.11. The summed E-state index contributed by atoms with van der Waals surface area (Å²) >= 11 is 0. The van der Waals surface area contributed by atoms with E-state index >= 15 is 0 Å². The summed E-state index contributed by atoms with van der Waals surface area (Å²) in [7, 11) is 3.22. The van der Waals surface area contributed by atoms with Crippen molar-refractivity contribution in [2.45, 2.75) is 25.9 Å². The van der Waals surface area contributed by atoms with Crippen molar-refractivity contribution in [3.8, 4) is 11.5 Å². The zero-order chi connectivity index (χ0) is 15.9. The SMILES string of the molecule is COc1ccc(OC)c([C@H](C)NC(=O)CCn2ccnc2)c1. The molecule has 2 rings (SSSR count). The van der Waals surface area contributed by atoms with Crippen LogP contribution in [0, 0.1) is 0 Å². The molecule has 1 heterocycles. The Kier molecular flexibility index (Phi) is 5.41. The van der Waals surface area contributed by atoms with E-state index < -0.39 is 0 Å². The van der Waals surface area contributed by atoms with Crippen molar-refractivity contribution in [3.63, 3.8) is 0 Å². The number of rotatable bonds is 7. The summed E-state index contributed by atoms with van der Waals surface area (Å²) in [6.45, 7) is 2.53. The second-order valence-electron chi connectivity index (χ2n) is 4.95. The fraction of sp³-hybridized carbons (Fsp3) is 0.375. The van der Waals surface area contributed by atoms with Crippen molar-refractivity contribution in [2.75, 3.05) is 14.2 Å². The Morgan fingerprint density at radius 2 is 2.18 bits per heavy atom. The zero-order valence-electron chi connectivity index (χ0n) is 13.1. The van der Waals surface area contributed by atoms with Gasteiger partial charge in [0.25, 0.3) is 0 Å². The van der Waals surface area contributed by atoms with Crippen LogP contribution in [0.2, 0.25) is 0 Å². The van der Waals surface area contributed by atoms with E-state index in [-0.39, 0.29) is 11.9 Å². The van der Waals surface area contributed by atoms with Gasteiger partial charge in [-0.3, -0.25) is 4.79 Å². The van der Waals surface area contributed by atoms with Gasteiger partial charge in [-0.25, -0.2) is 4.98 Å². The summed E-state index contributed by atoms with van der Waals surface area (Å²) < 4.78 is 12.4. The van der Waals surface area contributed by atoms with Gasteiger partial charge in [-0.05, 0) is 25.1 Å². The monoisotopic (exact) mass is 303 g/mol. The Bertz CT molecular complexity index is 611. The van der Waals surface area contributed by atoms with Gasteiger partial charge in [0.1, 0.15) is 11.5 Å².